The molecule has 0 bridgehead atoms. The highest BCUT2D eigenvalue weighted by atomic mass is 35.5. The highest BCUT2D eigenvalue weighted by Gasteiger charge is 2.31. The molecule has 0 aliphatic carbocycles. The lowest BCUT2D eigenvalue weighted by atomic mass is 10.1. The number of nitrogens with zero attached hydrogens (tertiary/aromatic N) is 2. The highest BCUT2D eigenvalue weighted by Crippen LogP contribution is 2.27. The number of nitrogens with one attached hydrogen (secondary N) is 1. The molecule has 0 saturated heterocycles. The number of carbonyl (C=O) groups excluding carboxylic acids is 2. The number of amides is 2. The standard InChI is InChI=1S/C24H31Cl2N3O4S/c1-6-12-27-24(31)18(4)28(14-20-21(25)8-7-9-22(20)26)23(30)15-29(34(5,32)33)19-11-10-16(2)17(3)13-19/h7-11,13,18H,6,12,14-15H2,1-5H3,(H,27,31). The number of aryl methyl sites for hydroxylation is 2. The van der Waals surface area contributed by atoms with Crippen molar-refractivity contribution in [3.63, 3.8) is 0 Å². The van der Waals surface area contributed by atoms with Gasteiger partial charge in [0.15, 0.2) is 0 Å². The van der Waals surface area contributed by atoms with Gasteiger partial charge < -0.3 is 10.2 Å². The Morgan fingerprint density at radius 3 is 2.21 bits per heavy atom. The van der Waals surface area contributed by atoms with Crippen LogP contribution in [-0.2, 0) is 26.2 Å². The minimum atomic E-state index is -3.79. The van der Waals surface area contributed by atoms with Gasteiger partial charge in [-0.05, 0) is 62.6 Å². The summed E-state index contributed by atoms with van der Waals surface area (Å²) in [5.41, 5.74) is 2.74. The minimum absolute atomic E-state index is 0.0530. The molecule has 0 spiro atoms. The van der Waals surface area contributed by atoms with Gasteiger partial charge in [0.1, 0.15) is 12.6 Å². The predicted molar refractivity (Wildman–Crippen MR) is 138 cm³/mol. The van der Waals surface area contributed by atoms with Crippen LogP contribution in [0.5, 0.6) is 0 Å². The lowest BCUT2D eigenvalue weighted by molar-refractivity contribution is -0.139. The Bertz CT molecular complexity index is 1130. The Morgan fingerprint density at radius 1 is 1.06 bits per heavy atom. The van der Waals surface area contributed by atoms with E-state index in [0.717, 1.165) is 28.1 Å². The molecule has 7 nitrogen and oxygen atoms in total. The zero-order valence-electron chi connectivity index (χ0n) is 20.1. The van der Waals surface area contributed by atoms with E-state index in [1.54, 1.807) is 43.3 Å². The summed E-state index contributed by atoms with van der Waals surface area (Å²) >= 11 is 12.6. The number of benzene rings is 2. The molecule has 10 heteroatoms. The van der Waals surface area contributed by atoms with Crippen LogP contribution in [0, 0.1) is 13.8 Å². The maximum Gasteiger partial charge on any atom is 0.244 e. The Morgan fingerprint density at radius 2 is 1.68 bits per heavy atom. The van der Waals surface area contributed by atoms with Crippen LogP contribution < -0.4 is 9.62 Å². The number of hydrogen-bond donors (Lipinski definition) is 1. The van der Waals surface area contributed by atoms with Crippen LogP contribution in [0.3, 0.4) is 0 Å². The molecule has 0 saturated carbocycles. The maximum atomic E-state index is 13.5. The molecule has 0 aliphatic rings. The van der Waals surface area contributed by atoms with Gasteiger partial charge in [-0.25, -0.2) is 8.42 Å². The monoisotopic (exact) mass is 527 g/mol. The Balaban J connectivity index is 2.45. The Labute approximate surface area is 212 Å². The van der Waals surface area contributed by atoms with Gasteiger partial charge in [0.25, 0.3) is 0 Å². The Kier molecular flexibility index (Phi) is 9.79. The van der Waals surface area contributed by atoms with Crippen LogP contribution in [0.2, 0.25) is 10.0 Å². The molecule has 0 radical (unpaired) electrons. The lowest BCUT2D eigenvalue weighted by Gasteiger charge is -2.32. The first-order valence-electron chi connectivity index (χ1n) is 10.9. The average molecular weight is 529 g/mol. The molecular weight excluding hydrogens is 497 g/mol. The van der Waals surface area contributed by atoms with Gasteiger partial charge in [0.05, 0.1) is 11.9 Å². The van der Waals surface area contributed by atoms with Gasteiger partial charge >= 0.3 is 0 Å². The SMILES string of the molecule is CCCNC(=O)C(C)N(Cc1c(Cl)cccc1Cl)C(=O)CN(c1ccc(C)c(C)c1)S(C)(=O)=O. The third kappa shape index (κ3) is 7.10. The number of sulfonamides is 1. The van der Waals surface area contributed by atoms with Gasteiger partial charge in [-0.1, -0.05) is 42.3 Å². The number of carbonyl (C=O) groups is 2. The van der Waals surface area contributed by atoms with Crippen molar-refractivity contribution in [2.75, 3.05) is 23.7 Å². The second kappa shape index (κ2) is 11.9. The second-order valence-corrected chi connectivity index (χ2v) is 10.9. The van der Waals surface area contributed by atoms with Crippen molar-refractivity contribution < 1.29 is 18.0 Å². The minimum Gasteiger partial charge on any atom is -0.354 e. The fraction of sp³-hybridized carbons (Fsp3) is 0.417. The van der Waals surface area contributed by atoms with Crippen molar-refractivity contribution in [3.8, 4) is 0 Å². The van der Waals surface area contributed by atoms with Crippen LogP contribution in [0.25, 0.3) is 0 Å². The van der Waals surface area contributed by atoms with E-state index in [9.17, 15) is 18.0 Å². The van der Waals surface area contributed by atoms with Gasteiger partial charge in [-0.3, -0.25) is 13.9 Å². The summed E-state index contributed by atoms with van der Waals surface area (Å²) in [6, 6.07) is 9.27. The molecule has 2 aromatic carbocycles. The van der Waals surface area contributed by atoms with E-state index in [2.05, 4.69) is 5.32 Å². The molecule has 2 aromatic rings. The van der Waals surface area contributed by atoms with Crippen LogP contribution in [-0.4, -0.2) is 50.5 Å². The first-order chi connectivity index (χ1) is 15.9. The molecule has 2 amide bonds. The fourth-order valence-corrected chi connectivity index (χ4v) is 4.69. The van der Waals surface area contributed by atoms with Crippen molar-refractivity contribution >= 4 is 50.7 Å². The number of rotatable bonds is 10. The first kappa shape index (κ1) is 28.0. The zero-order chi connectivity index (χ0) is 25.6. The van der Waals surface area contributed by atoms with Crippen molar-refractivity contribution in [1.29, 1.82) is 0 Å². The van der Waals surface area contributed by atoms with Gasteiger partial charge in [0, 0.05) is 28.7 Å². The average Bonchev–Trinajstić information content (AvgIpc) is 2.76. The summed E-state index contributed by atoms with van der Waals surface area (Å²) in [6.45, 7) is 7.22. The first-order valence-corrected chi connectivity index (χ1v) is 13.5. The van der Waals surface area contributed by atoms with Gasteiger partial charge in [-0.15, -0.1) is 0 Å². The molecule has 1 unspecified atom stereocenters. The maximum absolute atomic E-state index is 13.5. The van der Waals surface area contributed by atoms with Crippen molar-refractivity contribution in [3.05, 3.63) is 63.1 Å². The van der Waals surface area contributed by atoms with Crippen LogP contribution in [0.1, 0.15) is 37.0 Å². The topological polar surface area (TPSA) is 86.8 Å². The van der Waals surface area contributed by atoms with Crippen molar-refractivity contribution in [2.45, 2.75) is 46.7 Å². The Hall–Kier alpha value is -2.29. The summed E-state index contributed by atoms with van der Waals surface area (Å²) in [5, 5.41) is 3.48. The molecule has 186 valence electrons. The summed E-state index contributed by atoms with van der Waals surface area (Å²) in [5.74, 6) is -0.908. The van der Waals surface area contributed by atoms with Gasteiger partial charge in [-0.2, -0.15) is 0 Å². The third-order valence-corrected chi connectivity index (χ3v) is 7.41. The zero-order valence-corrected chi connectivity index (χ0v) is 22.4. The summed E-state index contributed by atoms with van der Waals surface area (Å²) in [7, 11) is -3.79. The summed E-state index contributed by atoms with van der Waals surface area (Å²) in [6.07, 6.45) is 1.78. The number of anilines is 1. The quantitative estimate of drug-likeness (QED) is 0.498. The molecule has 0 aromatic heterocycles. The molecular formula is C24H31Cl2N3O4S. The molecule has 0 heterocycles. The highest BCUT2D eigenvalue weighted by molar-refractivity contribution is 7.92. The second-order valence-electron chi connectivity index (χ2n) is 8.23. The molecule has 1 atom stereocenters. The van der Waals surface area contributed by atoms with E-state index in [0.29, 0.717) is 27.8 Å². The molecule has 0 fully saturated rings. The van der Waals surface area contributed by atoms with E-state index in [1.807, 2.05) is 20.8 Å². The van der Waals surface area contributed by atoms with Crippen LogP contribution in [0.15, 0.2) is 36.4 Å². The summed E-state index contributed by atoms with van der Waals surface area (Å²) in [4.78, 5) is 27.6. The van der Waals surface area contributed by atoms with Gasteiger partial charge in [0.2, 0.25) is 21.8 Å². The van der Waals surface area contributed by atoms with Crippen LogP contribution >= 0.6 is 23.2 Å². The number of hydrogen-bond acceptors (Lipinski definition) is 4. The molecule has 1 N–H and O–H groups in total. The van der Waals surface area contributed by atoms with E-state index in [1.165, 1.54) is 4.90 Å². The molecule has 0 aliphatic heterocycles. The number of halogens is 2. The van der Waals surface area contributed by atoms with E-state index >= 15 is 0 Å². The van der Waals surface area contributed by atoms with E-state index in [4.69, 9.17) is 23.2 Å². The van der Waals surface area contributed by atoms with Crippen LogP contribution in [0.4, 0.5) is 5.69 Å². The summed E-state index contributed by atoms with van der Waals surface area (Å²) < 4.78 is 26.3. The van der Waals surface area contributed by atoms with Crippen molar-refractivity contribution in [1.82, 2.24) is 10.2 Å². The van der Waals surface area contributed by atoms with E-state index < -0.39 is 28.5 Å². The lowest BCUT2D eigenvalue weighted by Crippen LogP contribution is -2.51. The smallest absolute Gasteiger partial charge is 0.244 e. The predicted octanol–water partition coefficient (Wildman–Crippen LogP) is 4.32. The molecule has 34 heavy (non-hydrogen) atoms. The largest absolute Gasteiger partial charge is 0.354 e. The third-order valence-electron chi connectivity index (χ3n) is 5.56. The fourth-order valence-electron chi connectivity index (χ4n) is 3.33. The normalized spacial score (nSPS) is 12.2. The van der Waals surface area contributed by atoms with Crippen molar-refractivity contribution in [2.24, 2.45) is 0 Å². The molecule has 2 rings (SSSR count). The van der Waals surface area contributed by atoms with E-state index in [-0.39, 0.29) is 12.5 Å².